The summed E-state index contributed by atoms with van der Waals surface area (Å²) in [5.74, 6) is 0.657. The first-order valence-corrected chi connectivity index (χ1v) is 11.0. The monoisotopic (exact) mass is 446 g/mol. The molecule has 2 atom stereocenters. The molecule has 0 unspecified atom stereocenters. The quantitative estimate of drug-likeness (QED) is 0.625. The van der Waals surface area contributed by atoms with Gasteiger partial charge in [0.15, 0.2) is 0 Å². The molecular formula is C24H23FN6O2. The largest absolute Gasteiger partial charge is 0.344 e. The molecule has 1 aromatic carbocycles. The lowest BCUT2D eigenvalue weighted by Crippen LogP contribution is -2.43. The lowest BCUT2D eigenvalue weighted by atomic mass is 10.1. The van der Waals surface area contributed by atoms with E-state index < -0.39 is 6.04 Å². The second kappa shape index (κ2) is 8.93. The van der Waals surface area contributed by atoms with Crippen LogP contribution in [0.3, 0.4) is 0 Å². The molecule has 33 heavy (non-hydrogen) atoms. The fraction of sp³-hybridized carbons (Fsp3) is 0.292. The summed E-state index contributed by atoms with van der Waals surface area (Å²) in [6.45, 7) is 1.08. The molecule has 0 bridgehead atoms. The van der Waals surface area contributed by atoms with E-state index in [1.165, 1.54) is 12.1 Å². The molecule has 2 saturated heterocycles. The number of amides is 2. The van der Waals surface area contributed by atoms with Gasteiger partial charge >= 0.3 is 0 Å². The number of aromatic nitrogens is 3. The highest BCUT2D eigenvalue weighted by Gasteiger charge is 2.36. The van der Waals surface area contributed by atoms with Crippen LogP contribution in [0.15, 0.2) is 54.9 Å². The zero-order chi connectivity index (χ0) is 22.8. The van der Waals surface area contributed by atoms with E-state index in [-0.39, 0.29) is 23.5 Å². The van der Waals surface area contributed by atoms with Crippen molar-refractivity contribution in [3.8, 4) is 11.3 Å². The van der Waals surface area contributed by atoms with Gasteiger partial charge in [0.05, 0.1) is 5.69 Å². The number of pyridine rings is 1. The van der Waals surface area contributed by atoms with Crippen LogP contribution in [0.2, 0.25) is 0 Å². The second-order valence-corrected chi connectivity index (χ2v) is 8.30. The van der Waals surface area contributed by atoms with Crippen molar-refractivity contribution in [2.45, 2.75) is 31.2 Å². The summed E-state index contributed by atoms with van der Waals surface area (Å²) in [4.78, 5) is 39.7. The average Bonchev–Trinajstić information content (AvgIpc) is 3.49. The third-order valence-electron chi connectivity index (χ3n) is 5.98. The van der Waals surface area contributed by atoms with Gasteiger partial charge in [-0.1, -0.05) is 6.07 Å². The van der Waals surface area contributed by atoms with Crippen molar-refractivity contribution in [2.24, 2.45) is 0 Å². The number of nitrogens with one attached hydrogen (secondary N) is 2. The molecule has 2 N–H and O–H groups in total. The number of anilines is 2. The highest BCUT2D eigenvalue weighted by Crippen LogP contribution is 2.30. The van der Waals surface area contributed by atoms with Crippen molar-refractivity contribution in [3.63, 3.8) is 0 Å². The SMILES string of the molecule is O=C1CC[C@@H](C(=O)N2CC[C@@H](c3nc(Nc4cccc(F)c4)cc(-c4ccncc4)n3)C2)N1. The molecule has 2 amide bonds. The summed E-state index contributed by atoms with van der Waals surface area (Å²) in [7, 11) is 0. The maximum absolute atomic E-state index is 13.7. The van der Waals surface area contributed by atoms with E-state index in [2.05, 4.69) is 15.6 Å². The first kappa shape index (κ1) is 21.0. The van der Waals surface area contributed by atoms with Crippen LogP contribution in [-0.4, -0.2) is 50.8 Å². The van der Waals surface area contributed by atoms with Gasteiger partial charge < -0.3 is 15.5 Å². The third kappa shape index (κ3) is 4.67. The van der Waals surface area contributed by atoms with Gasteiger partial charge in [-0.05, 0) is 43.2 Å². The molecular weight excluding hydrogens is 423 g/mol. The summed E-state index contributed by atoms with van der Waals surface area (Å²) < 4.78 is 13.7. The molecule has 0 aliphatic carbocycles. The number of carbonyl (C=O) groups excluding carboxylic acids is 2. The average molecular weight is 446 g/mol. The van der Waals surface area contributed by atoms with Crippen LogP contribution in [0, 0.1) is 5.82 Å². The molecule has 2 fully saturated rings. The summed E-state index contributed by atoms with van der Waals surface area (Å²) in [5, 5.41) is 5.92. The van der Waals surface area contributed by atoms with Crippen LogP contribution in [0.1, 0.15) is 31.0 Å². The Morgan fingerprint density at radius 1 is 1.12 bits per heavy atom. The third-order valence-corrected chi connectivity index (χ3v) is 5.98. The Morgan fingerprint density at radius 3 is 2.73 bits per heavy atom. The minimum atomic E-state index is -0.439. The van der Waals surface area contributed by atoms with E-state index in [9.17, 15) is 14.0 Å². The lowest BCUT2D eigenvalue weighted by Gasteiger charge is -2.20. The topological polar surface area (TPSA) is 100 Å². The Bertz CT molecular complexity index is 1190. The van der Waals surface area contributed by atoms with E-state index in [4.69, 9.17) is 9.97 Å². The first-order valence-electron chi connectivity index (χ1n) is 11.0. The number of likely N-dealkylation sites (tertiary alicyclic amines) is 1. The van der Waals surface area contributed by atoms with Gasteiger partial charge in [0.2, 0.25) is 11.8 Å². The maximum atomic E-state index is 13.7. The summed E-state index contributed by atoms with van der Waals surface area (Å²) in [6.07, 6.45) is 5.05. The van der Waals surface area contributed by atoms with E-state index >= 15 is 0 Å². The molecule has 0 saturated carbocycles. The van der Waals surface area contributed by atoms with Gasteiger partial charge in [-0.2, -0.15) is 0 Å². The van der Waals surface area contributed by atoms with Gasteiger partial charge in [0, 0.05) is 55.1 Å². The van der Waals surface area contributed by atoms with Crippen LogP contribution in [-0.2, 0) is 9.59 Å². The Hall–Kier alpha value is -3.88. The minimum absolute atomic E-state index is 0.0408. The van der Waals surface area contributed by atoms with Gasteiger partial charge in [-0.25, -0.2) is 14.4 Å². The highest BCUT2D eigenvalue weighted by molar-refractivity contribution is 5.91. The number of halogens is 1. The standard InChI is InChI=1S/C24H23FN6O2/c25-17-2-1-3-18(12-17)27-21-13-20(15-6-9-26-10-7-15)29-23(30-21)16-8-11-31(14-16)24(33)19-4-5-22(32)28-19/h1-3,6-7,9-10,12-13,16,19H,4-5,8,11,14H2,(H,28,32)(H,27,29,30)/t16-,19+/m1/s1. The Balaban J connectivity index is 1.41. The van der Waals surface area contributed by atoms with Gasteiger partial charge in [0.25, 0.3) is 0 Å². The van der Waals surface area contributed by atoms with E-state index in [0.29, 0.717) is 49.0 Å². The van der Waals surface area contributed by atoms with Crippen molar-refractivity contribution in [3.05, 3.63) is 66.5 Å². The normalized spacial score (nSPS) is 20.0. The van der Waals surface area contributed by atoms with Gasteiger partial charge in [-0.15, -0.1) is 0 Å². The zero-order valence-corrected chi connectivity index (χ0v) is 17.9. The molecule has 5 rings (SSSR count). The Morgan fingerprint density at radius 2 is 1.97 bits per heavy atom. The van der Waals surface area contributed by atoms with Crippen LogP contribution in [0.4, 0.5) is 15.9 Å². The molecule has 2 aliphatic rings. The molecule has 9 heteroatoms. The number of rotatable bonds is 5. The maximum Gasteiger partial charge on any atom is 0.245 e. The lowest BCUT2D eigenvalue weighted by molar-refractivity contribution is -0.133. The molecule has 4 heterocycles. The zero-order valence-electron chi connectivity index (χ0n) is 17.9. The first-order chi connectivity index (χ1) is 16.0. The van der Waals surface area contributed by atoms with Crippen LogP contribution < -0.4 is 10.6 Å². The molecule has 3 aromatic rings. The summed E-state index contributed by atoms with van der Waals surface area (Å²) in [6, 6.07) is 11.3. The number of hydrogen-bond acceptors (Lipinski definition) is 6. The molecule has 2 aromatic heterocycles. The van der Waals surface area contributed by atoms with Crippen LogP contribution in [0.5, 0.6) is 0 Å². The summed E-state index contributed by atoms with van der Waals surface area (Å²) >= 11 is 0. The number of benzene rings is 1. The van der Waals surface area contributed by atoms with Crippen molar-refractivity contribution in [1.29, 1.82) is 0 Å². The fourth-order valence-corrected chi connectivity index (χ4v) is 4.29. The van der Waals surface area contributed by atoms with E-state index in [1.807, 2.05) is 18.2 Å². The van der Waals surface area contributed by atoms with Gasteiger partial charge in [0.1, 0.15) is 23.5 Å². The fourth-order valence-electron chi connectivity index (χ4n) is 4.29. The predicted octanol–water partition coefficient (Wildman–Crippen LogP) is 3.02. The molecule has 168 valence electrons. The predicted molar refractivity (Wildman–Crippen MR) is 120 cm³/mol. The Labute approximate surface area is 190 Å². The van der Waals surface area contributed by atoms with Crippen LogP contribution in [0.25, 0.3) is 11.3 Å². The van der Waals surface area contributed by atoms with Crippen molar-refractivity contribution in [1.82, 2.24) is 25.2 Å². The highest BCUT2D eigenvalue weighted by atomic mass is 19.1. The minimum Gasteiger partial charge on any atom is -0.344 e. The van der Waals surface area contributed by atoms with Crippen molar-refractivity contribution >= 4 is 23.3 Å². The second-order valence-electron chi connectivity index (χ2n) is 8.30. The van der Waals surface area contributed by atoms with Crippen molar-refractivity contribution < 1.29 is 14.0 Å². The number of nitrogens with zero attached hydrogens (tertiary/aromatic N) is 4. The van der Waals surface area contributed by atoms with E-state index in [0.717, 1.165) is 12.0 Å². The molecule has 0 spiro atoms. The number of carbonyl (C=O) groups is 2. The Kier molecular flexibility index (Phi) is 5.68. The summed E-state index contributed by atoms with van der Waals surface area (Å²) in [5.41, 5.74) is 2.19. The smallest absolute Gasteiger partial charge is 0.245 e. The van der Waals surface area contributed by atoms with Crippen LogP contribution >= 0.6 is 0 Å². The van der Waals surface area contributed by atoms with E-state index in [1.54, 1.807) is 29.4 Å². The molecule has 8 nitrogen and oxygen atoms in total. The molecule has 2 aliphatic heterocycles. The number of hydrogen-bond donors (Lipinski definition) is 2. The van der Waals surface area contributed by atoms with Crippen molar-refractivity contribution in [2.75, 3.05) is 18.4 Å². The molecule has 0 radical (unpaired) electrons. The van der Waals surface area contributed by atoms with Gasteiger partial charge in [-0.3, -0.25) is 14.6 Å².